The van der Waals surface area contributed by atoms with Crippen LogP contribution in [0, 0.1) is 5.92 Å². The second kappa shape index (κ2) is 9.30. The molecule has 0 radical (unpaired) electrons. The minimum absolute atomic E-state index is 0. The number of piperidine rings is 2. The minimum Gasteiger partial charge on any atom is -0.493 e. The van der Waals surface area contributed by atoms with Gasteiger partial charge in [-0.05, 0) is 57.0 Å². The predicted octanol–water partition coefficient (Wildman–Crippen LogP) is 3.55. The molecule has 0 saturated carbocycles. The molecule has 3 rings (SSSR count). The van der Waals surface area contributed by atoms with Crippen LogP contribution in [0.25, 0.3) is 0 Å². The highest BCUT2D eigenvalue weighted by molar-refractivity contribution is 5.90. The molecule has 0 spiro atoms. The van der Waals surface area contributed by atoms with Gasteiger partial charge in [-0.2, -0.15) is 0 Å². The molecule has 2 fully saturated rings. The predicted molar refractivity (Wildman–Crippen MR) is 99.0 cm³/mol. The molecule has 2 aliphatic heterocycles. The summed E-state index contributed by atoms with van der Waals surface area (Å²) in [7, 11) is 3.14. The summed E-state index contributed by atoms with van der Waals surface area (Å²) in [6.07, 6.45) is 6.18. The van der Waals surface area contributed by atoms with Crippen molar-refractivity contribution in [1.82, 2.24) is 4.90 Å². The number of halogens is 1. The average Bonchev–Trinajstić information content (AvgIpc) is 2.65. The zero-order valence-electron chi connectivity index (χ0n) is 15.0. The highest BCUT2D eigenvalue weighted by Crippen LogP contribution is 2.32. The summed E-state index contributed by atoms with van der Waals surface area (Å²) >= 11 is 0. The number of hydrogen-bond donors (Lipinski definition) is 0. The first-order chi connectivity index (χ1) is 11.7. The van der Waals surface area contributed by atoms with E-state index in [4.69, 9.17) is 14.2 Å². The molecule has 0 N–H and O–H groups in total. The topological polar surface area (TPSA) is 48.0 Å². The maximum absolute atomic E-state index is 12.4. The number of carbonyl (C=O) groups excluding carboxylic acids is 1. The van der Waals surface area contributed by atoms with Crippen molar-refractivity contribution in [2.75, 3.05) is 33.9 Å². The summed E-state index contributed by atoms with van der Waals surface area (Å²) in [5, 5.41) is 0. The van der Waals surface area contributed by atoms with Gasteiger partial charge in [0.15, 0.2) is 11.5 Å². The Bertz CT molecular complexity index is 579. The fourth-order valence-corrected chi connectivity index (χ4v) is 4.00. The minimum atomic E-state index is -0.288. The van der Waals surface area contributed by atoms with Gasteiger partial charge < -0.3 is 14.2 Å². The molecule has 0 unspecified atom stereocenters. The molecule has 0 aromatic heterocycles. The number of esters is 1. The Morgan fingerprint density at radius 1 is 1.08 bits per heavy atom. The molecular formula is C19H28ClNO4. The number of hydrogen-bond acceptors (Lipinski definition) is 5. The molecule has 0 bridgehead atoms. The largest absolute Gasteiger partial charge is 0.493 e. The lowest BCUT2D eigenvalue weighted by atomic mass is 9.84. The summed E-state index contributed by atoms with van der Waals surface area (Å²) in [5.74, 6) is 1.33. The number of rotatable bonds is 5. The number of carbonyl (C=O) groups is 1. The van der Waals surface area contributed by atoms with E-state index >= 15 is 0 Å². The van der Waals surface area contributed by atoms with Gasteiger partial charge in [-0.1, -0.05) is 6.42 Å². The summed E-state index contributed by atoms with van der Waals surface area (Å²) < 4.78 is 16.1. The van der Waals surface area contributed by atoms with E-state index in [1.165, 1.54) is 38.8 Å². The standard InChI is InChI=1S/C19H27NO4.ClH/c1-22-17-9-8-14(12-18(17)23-2)19(21)24-13-15-6-5-11-20-10-4-3-7-16(15)20;/h8-9,12,15-16H,3-7,10-11,13H2,1-2H3;1H/t15-,16+;/m0./s1. The smallest absolute Gasteiger partial charge is 0.338 e. The van der Waals surface area contributed by atoms with Crippen LogP contribution in [-0.2, 0) is 4.74 Å². The van der Waals surface area contributed by atoms with E-state index in [-0.39, 0.29) is 18.4 Å². The van der Waals surface area contributed by atoms with Crippen molar-refractivity contribution in [3.8, 4) is 11.5 Å². The van der Waals surface area contributed by atoms with E-state index in [1.54, 1.807) is 32.4 Å². The third-order valence-corrected chi connectivity index (χ3v) is 5.28. The van der Waals surface area contributed by atoms with Crippen molar-refractivity contribution >= 4 is 18.4 Å². The molecule has 2 atom stereocenters. The zero-order chi connectivity index (χ0) is 16.9. The van der Waals surface area contributed by atoms with Crippen molar-refractivity contribution in [2.45, 2.75) is 38.1 Å². The molecule has 6 heteroatoms. The molecule has 25 heavy (non-hydrogen) atoms. The Hall–Kier alpha value is -1.46. The van der Waals surface area contributed by atoms with Crippen molar-refractivity contribution in [2.24, 2.45) is 5.92 Å². The number of nitrogens with zero attached hydrogens (tertiary/aromatic N) is 1. The van der Waals surface area contributed by atoms with Gasteiger partial charge in [0.25, 0.3) is 0 Å². The van der Waals surface area contributed by atoms with Crippen LogP contribution in [0.1, 0.15) is 42.5 Å². The highest BCUT2D eigenvalue weighted by Gasteiger charge is 2.33. The molecule has 1 aromatic rings. The third kappa shape index (κ3) is 4.59. The second-order valence-corrected chi connectivity index (χ2v) is 6.67. The molecule has 2 aliphatic rings. The monoisotopic (exact) mass is 369 g/mol. The Labute approximate surface area is 156 Å². The van der Waals surface area contributed by atoms with E-state index in [9.17, 15) is 4.79 Å². The van der Waals surface area contributed by atoms with Crippen LogP contribution >= 0.6 is 12.4 Å². The van der Waals surface area contributed by atoms with Gasteiger partial charge in [0.1, 0.15) is 0 Å². The number of fused-ring (bicyclic) bond motifs is 1. The van der Waals surface area contributed by atoms with Gasteiger partial charge in [-0.3, -0.25) is 4.90 Å². The Morgan fingerprint density at radius 2 is 1.84 bits per heavy atom. The molecule has 2 saturated heterocycles. The molecule has 5 nitrogen and oxygen atoms in total. The molecule has 0 aliphatic carbocycles. The van der Waals surface area contributed by atoms with Gasteiger partial charge in [0.2, 0.25) is 0 Å². The Morgan fingerprint density at radius 3 is 2.60 bits per heavy atom. The Kier molecular flexibility index (Phi) is 7.38. The summed E-state index contributed by atoms with van der Waals surface area (Å²) in [5.41, 5.74) is 0.504. The molecule has 0 amide bonds. The maximum Gasteiger partial charge on any atom is 0.338 e. The fourth-order valence-electron chi connectivity index (χ4n) is 4.00. The molecule has 2 heterocycles. The van der Waals surface area contributed by atoms with Crippen LogP contribution in [0.15, 0.2) is 18.2 Å². The van der Waals surface area contributed by atoms with Gasteiger partial charge in [0, 0.05) is 12.0 Å². The van der Waals surface area contributed by atoms with Crippen LogP contribution in [0.2, 0.25) is 0 Å². The van der Waals surface area contributed by atoms with Crippen LogP contribution in [-0.4, -0.2) is 50.8 Å². The Balaban J connectivity index is 0.00000225. The zero-order valence-corrected chi connectivity index (χ0v) is 15.8. The van der Waals surface area contributed by atoms with Crippen molar-refractivity contribution in [3.05, 3.63) is 23.8 Å². The van der Waals surface area contributed by atoms with Crippen LogP contribution in [0.3, 0.4) is 0 Å². The lowest BCUT2D eigenvalue weighted by Gasteiger charge is -2.44. The van der Waals surface area contributed by atoms with E-state index in [2.05, 4.69) is 4.90 Å². The van der Waals surface area contributed by atoms with Crippen LogP contribution in [0.5, 0.6) is 11.5 Å². The summed E-state index contributed by atoms with van der Waals surface area (Å²) in [6.45, 7) is 2.91. The highest BCUT2D eigenvalue weighted by atomic mass is 35.5. The van der Waals surface area contributed by atoms with Gasteiger partial charge >= 0.3 is 5.97 Å². The van der Waals surface area contributed by atoms with E-state index in [0.29, 0.717) is 35.6 Å². The van der Waals surface area contributed by atoms with Gasteiger partial charge in [-0.15, -0.1) is 12.4 Å². The normalized spacial score (nSPS) is 23.1. The maximum atomic E-state index is 12.4. The first kappa shape index (κ1) is 19.9. The first-order valence-corrected chi connectivity index (χ1v) is 8.86. The van der Waals surface area contributed by atoms with Gasteiger partial charge in [-0.25, -0.2) is 4.79 Å². The van der Waals surface area contributed by atoms with Crippen molar-refractivity contribution in [1.29, 1.82) is 0 Å². The third-order valence-electron chi connectivity index (χ3n) is 5.28. The van der Waals surface area contributed by atoms with Gasteiger partial charge in [0.05, 0.1) is 26.4 Å². The summed E-state index contributed by atoms with van der Waals surface area (Å²) in [4.78, 5) is 15.0. The van der Waals surface area contributed by atoms with Crippen LogP contribution in [0.4, 0.5) is 0 Å². The first-order valence-electron chi connectivity index (χ1n) is 8.86. The quantitative estimate of drug-likeness (QED) is 0.743. The number of benzene rings is 1. The molecular weight excluding hydrogens is 342 g/mol. The lowest BCUT2D eigenvalue weighted by molar-refractivity contribution is 0.00737. The van der Waals surface area contributed by atoms with E-state index < -0.39 is 0 Å². The van der Waals surface area contributed by atoms with Crippen LogP contribution < -0.4 is 9.47 Å². The second-order valence-electron chi connectivity index (χ2n) is 6.67. The van der Waals surface area contributed by atoms with E-state index in [0.717, 1.165) is 6.42 Å². The SMILES string of the molecule is COc1ccc(C(=O)OC[C@@H]2CCCN3CCCC[C@H]23)cc1OC.Cl. The molecule has 140 valence electrons. The van der Waals surface area contributed by atoms with Crippen molar-refractivity contribution < 1.29 is 19.0 Å². The average molecular weight is 370 g/mol. The summed E-state index contributed by atoms with van der Waals surface area (Å²) in [6, 6.07) is 5.72. The number of methoxy groups -OCH3 is 2. The van der Waals surface area contributed by atoms with Crippen molar-refractivity contribution in [3.63, 3.8) is 0 Å². The fraction of sp³-hybridized carbons (Fsp3) is 0.632. The number of ether oxygens (including phenoxy) is 3. The molecule has 1 aromatic carbocycles. The lowest BCUT2D eigenvalue weighted by Crippen LogP contribution is -2.49. The van der Waals surface area contributed by atoms with E-state index in [1.807, 2.05) is 0 Å².